The predicted octanol–water partition coefficient (Wildman–Crippen LogP) is -4.17. The van der Waals surface area contributed by atoms with E-state index in [0.29, 0.717) is 0 Å². The van der Waals surface area contributed by atoms with E-state index in [9.17, 15) is 33.9 Å². The summed E-state index contributed by atoms with van der Waals surface area (Å²) in [5.74, 6) is -5.45. The number of nitrogens with one attached hydrogen (secondary N) is 5. The molecular weight excluding hydrogens is 460 g/mol. The van der Waals surface area contributed by atoms with Crippen LogP contribution in [0.5, 0.6) is 0 Å². The first-order valence-electron chi connectivity index (χ1n) is 9.99. The second-order valence-corrected chi connectivity index (χ2v) is 7.74. The van der Waals surface area contributed by atoms with Crippen LogP contribution in [0.15, 0.2) is 0 Å². The Kier molecular flexibility index (Phi) is 13.7. The van der Waals surface area contributed by atoms with E-state index < -0.39 is 79.2 Å². The number of aliphatic hydroxyl groups excluding tert-OH is 1. The number of amides is 5. The Morgan fingerprint density at radius 2 is 1.39 bits per heavy atom. The van der Waals surface area contributed by atoms with Crippen LogP contribution in [0.1, 0.15) is 27.2 Å². The van der Waals surface area contributed by atoms with Crippen molar-refractivity contribution >= 4 is 48.1 Å². The summed E-state index contributed by atoms with van der Waals surface area (Å²) in [5, 5.41) is 29.9. The van der Waals surface area contributed by atoms with Gasteiger partial charge in [-0.1, -0.05) is 13.8 Å². The molecule has 9 N–H and O–H groups in total. The van der Waals surface area contributed by atoms with Crippen molar-refractivity contribution in [3.63, 3.8) is 0 Å². The van der Waals surface area contributed by atoms with Gasteiger partial charge in [0.1, 0.15) is 24.7 Å². The Balaban J connectivity index is 5.06. The Morgan fingerprint density at radius 3 is 1.85 bits per heavy atom. The molecule has 5 amide bonds. The van der Waals surface area contributed by atoms with Gasteiger partial charge < -0.3 is 42.5 Å². The number of hydrogen-bond acceptors (Lipinski definition) is 9. The SMILES string of the molecule is CC(C)N[C@@H](CS)C(=O)NC(CO)C(=O)N[C@@H](C)C(=O)NC(CC(N)=O)C(=O)NCC(=O)O. The fraction of sp³-hybridized carbons (Fsp3) is 0.667. The van der Waals surface area contributed by atoms with Crippen molar-refractivity contribution in [2.45, 2.75) is 57.4 Å². The zero-order valence-corrected chi connectivity index (χ0v) is 19.5. The maximum atomic E-state index is 12.4. The van der Waals surface area contributed by atoms with Gasteiger partial charge in [0.15, 0.2) is 0 Å². The zero-order chi connectivity index (χ0) is 25.7. The minimum atomic E-state index is -1.47. The van der Waals surface area contributed by atoms with Crippen LogP contribution in [-0.4, -0.2) is 94.8 Å². The van der Waals surface area contributed by atoms with Crippen LogP contribution >= 0.6 is 12.6 Å². The number of carboxylic acids is 1. The van der Waals surface area contributed by atoms with E-state index in [-0.39, 0.29) is 11.8 Å². The molecule has 0 saturated carbocycles. The van der Waals surface area contributed by atoms with Gasteiger partial charge in [-0.3, -0.25) is 28.8 Å². The lowest BCUT2D eigenvalue weighted by molar-refractivity contribution is -0.138. The van der Waals surface area contributed by atoms with Gasteiger partial charge in [-0.2, -0.15) is 12.6 Å². The summed E-state index contributed by atoms with van der Waals surface area (Å²) in [6.45, 7) is 3.39. The summed E-state index contributed by atoms with van der Waals surface area (Å²) in [4.78, 5) is 70.9. The Hall–Kier alpha value is -2.91. The van der Waals surface area contributed by atoms with Crippen LogP contribution < -0.4 is 32.3 Å². The minimum absolute atomic E-state index is 0.0425. The van der Waals surface area contributed by atoms with Crippen molar-refractivity contribution in [2.24, 2.45) is 5.73 Å². The number of primary amides is 1. The fourth-order valence-electron chi connectivity index (χ4n) is 2.45. The monoisotopic (exact) mass is 492 g/mol. The van der Waals surface area contributed by atoms with Gasteiger partial charge >= 0.3 is 5.97 Å². The van der Waals surface area contributed by atoms with E-state index in [1.807, 2.05) is 19.2 Å². The lowest BCUT2D eigenvalue weighted by Crippen LogP contribution is -2.59. The third kappa shape index (κ3) is 12.1. The molecule has 0 aromatic rings. The molecule has 0 spiro atoms. The summed E-state index contributed by atoms with van der Waals surface area (Å²) in [6, 6.07) is -4.86. The molecule has 0 radical (unpaired) electrons. The molecule has 33 heavy (non-hydrogen) atoms. The lowest BCUT2D eigenvalue weighted by atomic mass is 10.1. The van der Waals surface area contributed by atoms with Crippen molar-refractivity contribution in [3.8, 4) is 0 Å². The van der Waals surface area contributed by atoms with Crippen molar-refractivity contribution in [3.05, 3.63) is 0 Å². The summed E-state index contributed by atoms with van der Waals surface area (Å²) < 4.78 is 0. The number of hydrogen-bond donors (Lipinski definition) is 9. The maximum Gasteiger partial charge on any atom is 0.322 e. The molecule has 0 bridgehead atoms. The first-order chi connectivity index (χ1) is 15.3. The molecule has 4 atom stereocenters. The molecule has 0 aliphatic carbocycles. The molecular formula is C18H32N6O8S. The number of carboxylic acid groups (broad SMARTS) is 1. The molecule has 0 heterocycles. The number of thiol groups is 1. The van der Waals surface area contributed by atoms with Crippen LogP contribution in [0.2, 0.25) is 0 Å². The van der Waals surface area contributed by atoms with Crippen LogP contribution in [0.4, 0.5) is 0 Å². The van der Waals surface area contributed by atoms with E-state index in [0.717, 1.165) is 0 Å². The molecule has 0 aromatic carbocycles. The van der Waals surface area contributed by atoms with Gasteiger partial charge in [0, 0.05) is 11.8 Å². The Labute approximate surface area is 196 Å². The van der Waals surface area contributed by atoms with Gasteiger partial charge in [0.25, 0.3) is 0 Å². The summed E-state index contributed by atoms with van der Waals surface area (Å²) in [7, 11) is 0. The van der Waals surface area contributed by atoms with E-state index in [1.54, 1.807) is 0 Å². The van der Waals surface area contributed by atoms with Crippen molar-refractivity contribution in [1.29, 1.82) is 0 Å². The Morgan fingerprint density at radius 1 is 0.848 bits per heavy atom. The third-order valence-electron chi connectivity index (χ3n) is 4.05. The highest BCUT2D eigenvalue weighted by Gasteiger charge is 2.29. The summed E-state index contributed by atoms with van der Waals surface area (Å²) in [5.41, 5.74) is 5.05. The average Bonchev–Trinajstić information content (AvgIpc) is 2.72. The molecule has 0 aliphatic rings. The maximum absolute atomic E-state index is 12.4. The first kappa shape index (κ1) is 30.1. The number of rotatable bonds is 15. The average molecular weight is 493 g/mol. The largest absolute Gasteiger partial charge is 0.480 e. The molecule has 0 rings (SSSR count). The van der Waals surface area contributed by atoms with Crippen molar-refractivity contribution < 1.29 is 39.0 Å². The fourth-order valence-corrected chi connectivity index (χ4v) is 2.72. The van der Waals surface area contributed by atoms with Gasteiger partial charge in [-0.25, -0.2) is 0 Å². The molecule has 2 unspecified atom stereocenters. The first-order valence-corrected chi connectivity index (χ1v) is 10.6. The molecule has 0 aliphatic heterocycles. The van der Waals surface area contributed by atoms with Crippen molar-refractivity contribution in [1.82, 2.24) is 26.6 Å². The highest BCUT2D eigenvalue weighted by atomic mass is 32.1. The normalized spacial score (nSPS) is 14.4. The molecule has 0 fully saturated rings. The molecule has 14 nitrogen and oxygen atoms in total. The number of carbonyl (C=O) groups excluding carboxylic acids is 5. The van der Waals surface area contributed by atoms with E-state index in [1.165, 1.54) is 6.92 Å². The zero-order valence-electron chi connectivity index (χ0n) is 18.6. The minimum Gasteiger partial charge on any atom is -0.480 e. The van der Waals surface area contributed by atoms with Gasteiger partial charge in [0.2, 0.25) is 29.5 Å². The molecule has 0 aromatic heterocycles. The van der Waals surface area contributed by atoms with Crippen LogP contribution in [0.3, 0.4) is 0 Å². The number of aliphatic carboxylic acids is 1. The van der Waals surface area contributed by atoms with Crippen LogP contribution in [0.25, 0.3) is 0 Å². The quantitative estimate of drug-likeness (QED) is 0.101. The second kappa shape index (κ2) is 15.0. The van der Waals surface area contributed by atoms with Gasteiger partial charge in [-0.15, -0.1) is 0 Å². The van der Waals surface area contributed by atoms with E-state index in [4.69, 9.17) is 10.8 Å². The molecule has 188 valence electrons. The number of carbonyl (C=O) groups is 6. The van der Waals surface area contributed by atoms with E-state index in [2.05, 4.69) is 33.9 Å². The smallest absolute Gasteiger partial charge is 0.322 e. The summed E-state index contributed by atoms with van der Waals surface area (Å²) in [6.07, 6.45) is -0.610. The van der Waals surface area contributed by atoms with Crippen LogP contribution in [-0.2, 0) is 28.8 Å². The van der Waals surface area contributed by atoms with E-state index >= 15 is 0 Å². The van der Waals surface area contributed by atoms with Crippen LogP contribution in [0, 0.1) is 0 Å². The summed E-state index contributed by atoms with van der Waals surface area (Å²) >= 11 is 4.08. The van der Waals surface area contributed by atoms with Gasteiger partial charge in [0.05, 0.1) is 19.1 Å². The standard InChI is InChI=1S/C18H32N6O8S/c1-8(2)21-12(7-33)18(32)24-11(6-25)17(31)22-9(3)15(29)23-10(4-13(19)26)16(30)20-5-14(27)28/h8-12,21,25,33H,4-7H2,1-3H3,(H2,19,26)(H,20,30)(H,22,31)(H,23,29)(H,24,32)(H,27,28)/t9-,10?,11?,12-/m0/s1. The third-order valence-corrected chi connectivity index (χ3v) is 4.42. The highest BCUT2D eigenvalue weighted by molar-refractivity contribution is 7.80. The predicted molar refractivity (Wildman–Crippen MR) is 119 cm³/mol. The van der Waals surface area contributed by atoms with Gasteiger partial charge in [-0.05, 0) is 6.92 Å². The number of aliphatic hydroxyl groups is 1. The van der Waals surface area contributed by atoms with Crippen molar-refractivity contribution in [2.75, 3.05) is 18.9 Å². The highest BCUT2D eigenvalue weighted by Crippen LogP contribution is 1.97. The topological polar surface area (TPSA) is 229 Å². The number of nitrogens with two attached hydrogens (primary N) is 1. The lowest BCUT2D eigenvalue weighted by Gasteiger charge is -2.24. The Bertz CT molecular complexity index is 735. The molecule has 15 heteroatoms. The molecule has 0 saturated heterocycles. The second-order valence-electron chi connectivity index (χ2n) is 7.37.